The zero-order valence-corrected chi connectivity index (χ0v) is 9.34. The first-order valence-corrected chi connectivity index (χ1v) is 5.11. The molecule has 1 aromatic heterocycles. The summed E-state index contributed by atoms with van der Waals surface area (Å²) >= 11 is 0. The lowest BCUT2D eigenvalue weighted by Crippen LogP contribution is -2.40. The lowest BCUT2D eigenvalue weighted by atomic mass is 9.84. The van der Waals surface area contributed by atoms with Crippen molar-refractivity contribution >= 4 is 12.8 Å². The van der Waals surface area contributed by atoms with Crippen molar-refractivity contribution in [1.29, 1.82) is 0 Å². The van der Waals surface area contributed by atoms with Gasteiger partial charge in [-0.25, -0.2) is 0 Å². The van der Waals surface area contributed by atoms with E-state index in [-0.39, 0.29) is 12.3 Å². The Morgan fingerprint density at radius 1 is 1.62 bits per heavy atom. The molecule has 0 aliphatic heterocycles. The number of Topliss-reactive ketones (excluding diaryl/α,β-unsaturated/α-hetero) is 1. The molecule has 1 rings (SSSR count). The van der Waals surface area contributed by atoms with E-state index in [0.29, 0.717) is 12.1 Å². The maximum atomic E-state index is 11.8. The van der Waals surface area contributed by atoms with Crippen molar-refractivity contribution in [2.24, 2.45) is 0 Å². The molecule has 0 spiro atoms. The third kappa shape index (κ3) is 3.60. The van der Waals surface area contributed by atoms with Gasteiger partial charge in [0, 0.05) is 24.5 Å². The van der Waals surface area contributed by atoms with Gasteiger partial charge < -0.3 is 9.83 Å². The van der Waals surface area contributed by atoms with Gasteiger partial charge in [0.1, 0.15) is 0 Å². The van der Waals surface area contributed by atoms with E-state index < -0.39 is 7.05 Å². The summed E-state index contributed by atoms with van der Waals surface area (Å²) in [5, 5.41) is 9.45. The maximum Gasteiger partial charge on any atom is 0.377 e. The van der Waals surface area contributed by atoms with Crippen LogP contribution >= 0.6 is 0 Å². The smallest absolute Gasteiger partial charge is 0.377 e. The Hall–Kier alpha value is -1.46. The highest BCUT2D eigenvalue weighted by atomic mass is 16.2. The molecule has 0 aliphatic carbocycles. The van der Waals surface area contributed by atoms with Crippen LogP contribution in [0.25, 0.3) is 0 Å². The van der Waals surface area contributed by atoms with Crippen molar-refractivity contribution in [3.8, 4) is 0 Å². The van der Waals surface area contributed by atoms with Crippen molar-refractivity contribution in [3.05, 3.63) is 42.7 Å². The number of pyridine rings is 1. The zero-order valence-electron chi connectivity index (χ0n) is 9.34. The van der Waals surface area contributed by atoms with Gasteiger partial charge in [-0.1, -0.05) is 6.08 Å². The lowest BCUT2D eigenvalue weighted by molar-refractivity contribution is 0.0963. The third-order valence-corrected chi connectivity index (χ3v) is 2.24. The van der Waals surface area contributed by atoms with Crippen LogP contribution in [0.1, 0.15) is 10.4 Å². The molecule has 0 bridgehead atoms. The second kappa shape index (κ2) is 6.20. The number of aromatic nitrogens is 1. The van der Waals surface area contributed by atoms with E-state index in [2.05, 4.69) is 11.6 Å². The monoisotopic (exact) mass is 218 g/mol. The van der Waals surface area contributed by atoms with Crippen LogP contribution in [0.2, 0.25) is 6.82 Å². The van der Waals surface area contributed by atoms with Gasteiger partial charge in [0.15, 0.2) is 5.78 Å². The summed E-state index contributed by atoms with van der Waals surface area (Å²) < 4.78 is 0. The Morgan fingerprint density at radius 2 is 2.25 bits per heavy atom. The molecular weight excluding hydrogens is 203 g/mol. The van der Waals surface area contributed by atoms with Crippen molar-refractivity contribution in [2.45, 2.75) is 6.82 Å². The van der Waals surface area contributed by atoms with Crippen LogP contribution in [-0.2, 0) is 0 Å². The molecule has 1 heterocycles. The van der Waals surface area contributed by atoms with Gasteiger partial charge in [-0.05, 0) is 19.0 Å². The van der Waals surface area contributed by atoms with Crippen LogP contribution in [0.5, 0.6) is 0 Å². The SMILES string of the molecule is C=CCN(CC(=O)c1ccncc1)B(C)O. The van der Waals surface area contributed by atoms with Crippen molar-refractivity contribution in [3.63, 3.8) is 0 Å². The van der Waals surface area contributed by atoms with Crippen LogP contribution in [0.3, 0.4) is 0 Å². The topological polar surface area (TPSA) is 53.4 Å². The molecule has 0 aliphatic rings. The largest absolute Gasteiger partial charge is 0.437 e. The molecule has 4 nitrogen and oxygen atoms in total. The summed E-state index contributed by atoms with van der Waals surface area (Å²) in [6.45, 7) is 5.87. The molecule has 0 saturated carbocycles. The molecule has 84 valence electrons. The molecule has 0 aromatic carbocycles. The fraction of sp³-hybridized carbons (Fsp3) is 0.273. The van der Waals surface area contributed by atoms with Gasteiger partial charge in [-0.2, -0.15) is 0 Å². The van der Waals surface area contributed by atoms with Crippen molar-refractivity contribution < 1.29 is 9.82 Å². The Morgan fingerprint density at radius 3 is 2.75 bits per heavy atom. The molecule has 16 heavy (non-hydrogen) atoms. The fourth-order valence-corrected chi connectivity index (χ4v) is 1.33. The average molecular weight is 218 g/mol. The first kappa shape index (κ1) is 12.6. The van der Waals surface area contributed by atoms with E-state index >= 15 is 0 Å². The molecule has 1 aromatic rings. The Labute approximate surface area is 95.7 Å². The summed E-state index contributed by atoms with van der Waals surface area (Å²) in [6.07, 6.45) is 4.81. The number of nitrogens with zero attached hydrogens (tertiary/aromatic N) is 2. The minimum absolute atomic E-state index is 0.0369. The number of rotatable bonds is 6. The molecule has 0 atom stereocenters. The molecule has 0 saturated heterocycles. The highest BCUT2D eigenvalue weighted by Crippen LogP contribution is 2.01. The summed E-state index contributed by atoms with van der Waals surface area (Å²) in [5.74, 6) is -0.0369. The van der Waals surface area contributed by atoms with E-state index in [1.165, 1.54) is 0 Å². The van der Waals surface area contributed by atoms with E-state index in [1.807, 2.05) is 0 Å². The normalized spacial score (nSPS) is 10.2. The van der Waals surface area contributed by atoms with Gasteiger partial charge in [0.2, 0.25) is 0 Å². The number of carbonyl (C=O) groups excluding carboxylic acids is 1. The lowest BCUT2D eigenvalue weighted by Gasteiger charge is -2.20. The fourth-order valence-electron chi connectivity index (χ4n) is 1.33. The maximum absolute atomic E-state index is 11.8. The molecule has 0 unspecified atom stereocenters. The molecular formula is C11H15BN2O2. The first-order chi connectivity index (χ1) is 7.65. The van der Waals surface area contributed by atoms with Crippen LogP contribution in [0.15, 0.2) is 37.2 Å². The summed E-state index contributed by atoms with van der Waals surface area (Å²) in [4.78, 5) is 17.3. The summed E-state index contributed by atoms with van der Waals surface area (Å²) in [6, 6.07) is 3.33. The molecule has 0 fully saturated rings. The first-order valence-electron chi connectivity index (χ1n) is 5.11. The Bertz CT molecular complexity index is 354. The summed E-state index contributed by atoms with van der Waals surface area (Å²) in [7, 11) is -0.663. The van der Waals surface area contributed by atoms with Gasteiger partial charge >= 0.3 is 7.05 Å². The van der Waals surface area contributed by atoms with Gasteiger partial charge in [0.25, 0.3) is 0 Å². The molecule has 0 radical (unpaired) electrons. The highest BCUT2D eigenvalue weighted by Gasteiger charge is 2.18. The van der Waals surface area contributed by atoms with Crippen molar-refractivity contribution in [2.75, 3.05) is 13.1 Å². The number of carbonyl (C=O) groups is 1. The van der Waals surface area contributed by atoms with E-state index in [1.54, 1.807) is 42.2 Å². The minimum atomic E-state index is -0.663. The van der Waals surface area contributed by atoms with E-state index in [9.17, 15) is 9.82 Å². The van der Waals surface area contributed by atoms with Crippen LogP contribution in [-0.4, -0.2) is 40.7 Å². The number of hydrogen-bond acceptors (Lipinski definition) is 4. The molecule has 0 amide bonds. The van der Waals surface area contributed by atoms with Crippen LogP contribution < -0.4 is 0 Å². The molecule has 5 heteroatoms. The average Bonchev–Trinajstić information content (AvgIpc) is 2.29. The highest BCUT2D eigenvalue weighted by molar-refractivity contribution is 6.45. The Balaban J connectivity index is 2.65. The van der Waals surface area contributed by atoms with E-state index in [0.717, 1.165) is 0 Å². The second-order valence-corrected chi connectivity index (χ2v) is 3.51. The Kier molecular flexibility index (Phi) is 4.89. The zero-order chi connectivity index (χ0) is 12.0. The predicted molar refractivity (Wildman–Crippen MR) is 64.2 cm³/mol. The number of hydrogen-bond donors (Lipinski definition) is 1. The van der Waals surface area contributed by atoms with Crippen molar-refractivity contribution in [1.82, 2.24) is 9.79 Å². The van der Waals surface area contributed by atoms with Gasteiger partial charge in [-0.3, -0.25) is 9.78 Å². The third-order valence-electron chi connectivity index (χ3n) is 2.24. The minimum Gasteiger partial charge on any atom is -0.437 e. The predicted octanol–water partition coefficient (Wildman–Crippen LogP) is 0.863. The second-order valence-electron chi connectivity index (χ2n) is 3.51. The standard InChI is InChI=1S/C11H15BN2O2/c1-3-8-14(12(2)16)9-11(15)10-4-6-13-7-5-10/h3-7,16H,1,8-9H2,2H3. The summed E-state index contributed by atoms with van der Waals surface area (Å²) in [5.41, 5.74) is 0.602. The van der Waals surface area contributed by atoms with Crippen LogP contribution in [0.4, 0.5) is 0 Å². The van der Waals surface area contributed by atoms with Gasteiger partial charge in [-0.15, -0.1) is 6.58 Å². The molecule has 1 N–H and O–H groups in total. The van der Waals surface area contributed by atoms with Gasteiger partial charge in [0.05, 0.1) is 6.54 Å². The quantitative estimate of drug-likeness (QED) is 0.437. The number of ketones is 1. The van der Waals surface area contributed by atoms with Crippen LogP contribution in [0, 0.1) is 0 Å². The van der Waals surface area contributed by atoms with E-state index in [4.69, 9.17) is 0 Å².